The quantitative estimate of drug-likeness (QED) is 0.860. The Kier molecular flexibility index (Phi) is 4.00. The van der Waals surface area contributed by atoms with Gasteiger partial charge in [0.25, 0.3) is 5.91 Å². The minimum atomic E-state index is -0.480. The van der Waals surface area contributed by atoms with Gasteiger partial charge in [0, 0.05) is 16.6 Å². The third-order valence-corrected chi connectivity index (χ3v) is 3.28. The molecule has 4 heteroatoms. The molecule has 2 rings (SSSR count). The Labute approximate surface area is 105 Å². The van der Waals surface area contributed by atoms with E-state index in [1.807, 2.05) is 0 Å². The standard InChI is InChI=1S/C13H15ClFNO/c14-10-6-9(7-11(15)8-10)13(17)16-12-4-2-1-3-5-12/h6-8,12H,1-5H2,(H,16,17). The van der Waals surface area contributed by atoms with E-state index in [-0.39, 0.29) is 17.0 Å². The van der Waals surface area contributed by atoms with E-state index in [0.29, 0.717) is 5.56 Å². The minimum absolute atomic E-state index is 0.221. The highest BCUT2D eigenvalue weighted by molar-refractivity contribution is 6.31. The summed E-state index contributed by atoms with van der Waals surface area (Å²) in [6.07, 6.45) is 5.55. The van der Waals surface area contributed by atoms with Crippen molar-refractivity contribution in [1.29, 1.82) is 0 Å². The molecule has 1 saturated carbocycles. The Morgan fingerprint density at radius 1 is 1.24 bits per heavy atom. The molecule has 0 spiro atoms. The summed E-state index contributed by atoms with van der Waals surface area (Å²) in [4.78, 5) is 11.9. The normalized spacial score (nSPS) is 16.8. The Hall–Kier alpha value is -1.09. The molecular weight excluding hydrogens is 241 g/mol. The van der Waals surface area contributed by atoms with E-state index in [4.69, 9.17) is 11.6 Å². The lowest BCUT2D eigenvalue weighted by Crippen LogP contribution is -2.36. The van der Waals surface area contributed by atoms with Gasteiger partial charge in [0.05, 0.1) is 0 Å². The van der Waals surface area contributed by atoms with Crippen molar-refractivity contribution in [1.82, 2.24) is 5.32 Å². The van der Waals surface area contributed by atoms with Crippen molar-refractivity contribution in [3.63, 3.8) is 0 Å². The van der Waals surface area contributed by atoms with Crippen LogP contribution in [0.2, 0.25) is 5.02 Å². The van der Waals surface area contributed by atoms with Gasteiger partial charge in [-0.1, -0.05) is 30.9 Å². The number of nitrogens with one attached hydrogen (secondary N) is 1. The first kappa shape index (κ1) is 12.4. The number of hydrogen-bond donors (Lipinski definition) is 1. The smallest absolute Gasteiger partial charge is 0.251 e. The van der Waals surface area contributed by atoms with Crippen LogP contribution in [-0.4, -0.2) is 11.9 Å². The monoisotopic (exact) mass is 255 g/mol. The molecule has 1 N–H and O–H groups in total. The molecule has 0 saturated heterocycles. The van der Waals surface area contributed by atoms with Crippen LogP contribution in [0.25, 0.3) is 0 Å². The summed E-state index contributed by atoms with van der Waals surface area (Å²) in [7, 11) is 0. The zero-order chi connectivity index (χ0) is 12.3. The van der Waals surface area contributed by atoms with Crippen LogP contribution >= 0.6 is 11.6 Å². The lowest BCUT2D eigenvalue weighted by molar-refractivity contribution is 0.0927. The van der Waals surface area contributed by atoms with Crippen LogP contribution in [0, 0.1) is 5.82 Å². The Morgan fingerprint density at radius 2 is 1.94 bits per heavy atom. The molecule has 1 amide bonds. The first-order valence-corrected chi connectivity index (χ1v) is 6.30. The van der Waals surface area contributed by atoms with E-state index in [9.17, 15) is 9.18 Å². The fourth-order valence-corrected chi connectivity index (χ4v) is 2.42. The van der Waals surface area contributed by atoms with E-state index in [2.05, 4.69) is 5.32 Å². The molecule has 0 radical (unpaired) electrons. The molecule has 2 nitrogen and oxygen atoms in total. The third kappa shape index (κ3) is 3.43. The highest BCUT2D eigenvalue weighted by atomic mass is 35.5. The first-order chi connectivity index (χ1) is 8.15. The molecular formula is C13H15ClFNO. The number of rotatable bonds is 2. The second kappa shape index (κ2) is 5.50. The first-order valence-electron chi connectivity index (χ1n) is 5.92. The molecule has 1 aromatic rings. The molecule has 0 heterocycles. The van der Waals surface area contributed by atoms with Crippen molar-refractivity contribution >= 4 is 17.5 Å². The Bertz CT molecular complexity index is 396. The number of halogens is 2. The maximum Gasteiger partial charge on any atom is 0.251 e. The lowest BCUT2D eigenvalue weighted by atomic mass is 9.95. The van der Waals surface area contributed by atoms with Gasteiger partial charge in [0.1, 0.15) is 5.82 Å². The summed E-state index contributed by atoms with van der Waals surface area (Å²) in [5, 5.41) is 3.17. The molecule has 1 fully saturated rings. The van der Waals surface area contributed by atoms with Crippen molar-refractivity contribution in [3.8, 4) is 0 Å². The van der Waals surface area contributed by atoms with E-state index in [1.165, 1.54) is 24.6 Å². The maximum atomic E-state index is 13.1. The second-order valence-electron chi connectivity index (χ2n) is 4.47. The Balaban J connectivity index is 2.03. The van der Waals surface area contributed by atoms with Crippen LogP contribution in [0.1, 0.15) is 42.5 Å². The zero-order valence-corrected chi connectivity index (χ0v) is 10.3. The van der Waals surface area contributed by atoms with Crippen LogP contribution in [-0.2, 0) is 0 Å². The van der Waals surface area contributed by atoms with Gasteiger partial charge in [0.15, 0.2) is 0 Å². The molecule has 17 heavy (non-hydrogen) atoms. The average molecular weight is 256 g/mol. The molecule has 1 aliphatic carbocycles. The SMILES string of the molecule is O=C(NC1CCCCC1)c1cc(F)cc(Cl)c1. The van der Waals surface area contributed by atoms with Crippen LogP contribution in [0.3, 0.4) is 0 Å². The summed E-state index contributed by atoms with van der Waals surface area (Å²) in [5.74, 6) is -0.718. The van der Waals surface area contributed by atoms with Crippen LogP contribution in [0.4, 0.5) is 4.39 Å². The number of hydrogen-bond acceptors (Lipinski definition) is 1. The van der Waals surface area contributed by atoms with Crippen molar-refractivity contribution < 1.29 is 9.18 Å². The van der Waals surface area contributed by atoms with E-state index in [1.54, 1.807) is 0 Å². The van der Waals surface area contributed by atoms with Crippen molar-refractivity contribution in [2.75, 3.05) is 0 Å². The molecule has 0 atom stereocenters. The van der Waals surface area contributed by atoms with E-state index < -0.39 is 5.82 Å². The molecule has 92 valence electrons. The fraction of sp³-hybridized carbons (Fsp3) is 0.462. The van der Waals surface area contributed by atoms with Crippen molar-refractivity contribution in [2.45, 2.75) is 38.1 Å². The van der Waals surface area contributed by atoms with Gasteiger partial charge in [-0.05, 0) is 31.0 Å². The van der Waals surface area contributed by atoms with Gasteiger partial charge in [-0.15, -0.1) is 0 Å². The molecule has 0 aliphatic heterocycles. The van der Waals surface area contributed by atoms with Gasteiger partial charge in [-0.2, -0.15) is 0 Å². The van der Waals surface area contributed by atoms with Crippen LogP contribution in [0.5, 0.6) is 0 Å². The van der Waals surface area contributed by atoms with Crippen molar-refractivity contribution in [3.05, 3.63) is 34.6 Å². The average Bonchev–Trinajstić information content (AvgIpc) is 2.29. The van der Waals surface area contributed by atoms with Crippen LogP contribution in [0.15, 0.2) is 18.2 Å². The maximum absolute atomic E-state index is 13.1. The largest absolute Gasteiger partial charge is 0.349 e. The molecule has 1 aromatic carbocycles. The fourth-order valence-electron chi connectivity index (χ4n) is 2.20. The highest BCUT2D eigenvalue weighted by Crippen LogP contribution is 2.19. The van der Waals surface area contributed by atoms with E-state index in [0.717, 1.165) is 25.7 Å². The molecule has 0 bridgehead atoms. The van der Waals surface area contributed by atoms with Gasteiger partial charge in [-0.3, -0.25) is 4.79 Å². The van der Waals surface area contributed by atoms with Gasteiger partial charge in [0.2, 0.25) is 0 Å². The zero-order valence-electron chi connectivity index (χ0n) is 9.51. The predicted molar refractivity (Wildman–Crippen MR) is 65.7 cm³/mol. The third-order valence-electron chi connectivity index (χ3n) is 3.07. The van der Waals surface area contributed by atoms with Crippen molar-refractivity contribution in [2.24, 2.45) is 0 Å². The number of benzene rings is 1. The van der Waals surface area contributed by atoms with Gasteiger partial charge in [-0.25, -0.2) is 4.39 Å². The second-order valence-corrected chi connectivity index (χ2v) is 4.90. The number of carbonyl (C=O) groups is 1. The lowest BCUT2D eigenvalue weighted by Gasteiger charge is -2.22. The molecule has 0 aromatic heterocycles. The highest BCUT2D eigenvalue weighted by Gasteiger charge is 2.17. The van der Waals surface area contributed by atoms with E-state index >= 15 is 0 Å². The Morgan fingerprint density at radius 3 is 2.59 bits per heavy atom. The van der Waals surface area contributed by atoms with Gasteiger partial charge < -0.3 is 5.32 Å². The summed E-state index contributed by atoms with van der Waals surface area (Å²) < 4.78 is 13.1. The minimum Gasteiger partial charge on any atom is -0.349 e. The summed E-state index contributed by atoms with van der Waals surface area (Å²) in [6, 6.07) is 4.12. The van der Waals surface area contributed by atoms with Crippen LogP contribution < -0.4 is 5.32 Å². The van der Waals surface area contributed by atoms with Gasteiger partial charge >= 0.3 is 0 Å². The summed E-state index contributed by atoms with van der Waals surface area (Å²) in [6.45, 7) is 0. The summed E-state index contributed by atoms with van der Waals surface area (Å²) >= 11 is 5.72. The molecule has 0 unspecified atom stereocenters. The molecule has 1 aliphatic rings. The number of carbonyl (C=O) groups excluding carboxylic acids is 1. The number of amides is 1. The topological polar surface area (TPSA) is 29.1 Å². The summed E-state index contributed by atoms with van der Waals surface area (Å²) in [5.41, 5.74) is 0.292. The predicted octanol–water partition coefficient (Wildman–Crippen LogP) is 3.54.